The molecule has 3 nitrogen and oxygen atoms in total. The summed E-state index contributed by atoms with van der Waals surface area (Å²) in [5.41, 5.74) is 0.505. The average molecular weight is 256 g/mol. The Morgan fingerprint density at radius 3 is 3.29 bits per heavy atom. The first kappa shape index (κ1) is 12.3. The summed E-state index contributed by atoms with van der Waals surface area (Å²) in [6.45, 7) is 9.35. The van der Waals surface area contributed by atoms with Crippen molar-refractivity contribution in [2.45, 2.75) is 31.1 Å². The molecule has 0 saturated carbocycles. The number of nitrogens with one attached hydrogen (secondary N) is 1. The predicted octanol–water partition coefficient (Wildman–Crippen LogP) is 1.19. The van der Waals surface area contributed by atoms with E-state index in [4.69, 9.17) is 4.74 Å². The molecule has 3 unspecified atom stereocenters. The molecule has 0 aromatic heterocycles. The summed E-state index contributed by atoms with van der Waals surface area (Å²) in [7, 11) is 0. The van der Waals surface area contributed by atoms with Crippen LogP contribution >= 0.6 is 11.8 Å². The number of ether oxygens (including phenoxy) is 1. The van der Waals surface area contributed by atoms with Crippen molar-refractivity contribution in [3.8, 4) is 0 Å². The van der Waals surface area contributed by atoms with Gasteiger partial charge in [-0.3, -0.25) is 4.90 Å². The number of rotatable bonds is 2. The van der Waals surface area contributed by atoms with E-state index in [-0.39, 0.29) is 0 Å². The summed E-state index contributed by atoms with van der Waals surface area (Å²) in [5.74, 6) is 1.29. The van der Waals surface area contributed by atoms with Gasteiger partial charge >= 0.3 is 0 Å². The van der Waals surface area contributed by atoms with Crippen LogP contribution in [0.15, 0.2) is 0 Å². The highest BCUT2D eigenvalue weighted by molar-refractivity contribution is 8.00. The van der Waals surface area contributed by atoms with E-state index < -0.39 is 0 Å². The molecule has 4 heteroatoms. The van der Waals surface area contributed by atoms with Gasteiger partial charge in [-0.05, 0) is 24.8 Å². The van der Waals surface area contributed by atoms with E-state index >= 15 is 0 Å². The van der Waals surface area contributed by atoms with Crippen LogP contribution in [0, 0.1) is 5.41 Å². The van der Waals surface area contributed by atoms with Gasteiger partial charge in [0.2, 0.25) is 0 Å². The van der Waals surface area contributed by atoms with Gasteiger partial charge in [-0.25, -0.2) is 0 Å². The smallest absolute Gasteiger partial charge is 0.0600 e. The largest absolute Gasteiger partial charge is 0.380 e. The first-order chi connectivity index (χ1) is 8.27. The first-order valence-corrected chi connectivity index (χ1v) is 7.96. The maximum Gasteiger partial charge on any atom is 0.0600 e. The maximum absolute atomic E-state index is 5.62. The first-order valence-electron chi connectivity index (χ1n) is 6.91. The minimum Gasteiger partial charge on any atom is -0.380 e. The predicted molar refractivity (Wildman–Crippen MR) is 72.6 cm³/mol. The molecule has 1 N–H and O–H groups in total. The zero-order chi connectivity index (χ0) is 11.7. The highest BCUT2D eigenvalue weighted by Gasteiger charge is 2.38. The minimum atomic E-state index is 0.505. The average Bonchev–Trinajstić information content (AvgIpc) is 2.76. The van der Waals surface area contributed by atoms with E-state index in [9.17, 15) is 0 Å². The van der Waals surface area contributed by atoms with E-state index in [2.05, 4.69) is 28.9 Å². The topological polar surface area (TPSA) is 24.5 Å². The molecular weight excluding hydrogens is 232 g/mol. The van der Waals surface area contributed by atoms with Crippen LogP contribution in [-0.2, 0) is 4.74 Å². The lowest BCUT2D eigenvalue weighted by molar-refractivity contribution is 0.0244. The Kier molecular flexibility index (Phi) is 3.67. The van der Waals surface area contributed by atoms with Crippen LogP contribution in [0.5, 0.6) is 0 Å². The van der Waals surface area contributed by atoms with Gasteiger partial charge in [-0.15, -0.1) is 0 Å². The SMILES string of the molecule is CC1(CN2CCSC3COCCC32)CCNC1. The van der Waals surface area contributed by atoms with Gasteiger partial charge in [0.05, 0.1) is 6.61 Å². The fourth-order valence-corrected chi connectivity index (χ4v) is 4.82. The summed E-state index contributed by atoms with van der Waals surface area (Å²) < 4.78 is 5.62. The Labute approximate surface area is 109 Å². The van der Waals surface area contributed by atoms with Crippen molar-refractivity contribution >= 4 is 11.8 Å². The lowest BCUT2D eigenvalue weighted by atomic mass is 9.88. The second kappa shape index (κ2) is 5.08. The van der Waals surface area contributed by atoms with Crippen molar-refractivity contribution < 1.29 is 4.74 Å². The molecule has 3 saturated heterocycles. The fourth-order valence-electron chi connectivity index (χ4n) is 3.45. The molecule has 3 aliphatic rings. The standard InChI is InChI=1S/C13H24N2OS/c1-13(3-4-14-9-13)10-15-5-7-17-12-8-16-6-2-11(12)15/h11-12,14H,2-10H2,1H3. The molecule has 0 radical (unpaired) electrons. The fraction of sp³-hybridized carbons (Fsp3) is 1.00. The van der Waals surface area contributed by atoms with E-state index in [1.54, 1.807) is 0 Å². The van der Waals surface area contributed by atoms with E-state index in [1.165, 1.54) is 44.8 Å². The summed E-state index contributed by atoms with van der Waals surface area (Å²) in [4.78, 5) is 2.76. The molecule has 17 heavy (non-hydrogen) atoms. The molecule has 0 aromatic carbocycles. The number of thioether (sulfide) groups is 1. The van der Waals surface area contributed by atoms with Gasteiger partial charge in [0.25, 0.3) is 0 Å². The highest BCUT2D eigenvalue weighted by atomic mass is 32.2. The summed E-state index contributed by atoms with van der Waals surface area (Å²) in [6, 6.07) is 0.778. The number of nitrogens with zero attached hydrogens (tertiary/aromatic N) is 1. The Hall–Kier alpha value is 0.230. The van der Waals surface area contributed by atoms with Crippen LogP contribution < -0.4 is 5.32 Å². The molecule has 3 rings (SSSR count). The molecule has 3 fully saturated rings. The quantitative estimate of drug-likeness (QED) is 0.802. The highest BCUT2D eigenvalue weighted by Crippen LogP contribution is 2.34. The zero-order valence-electron chi connectivity index (χ0n) is 10.8. The van der Waals surface area contributed by atoms with Gasteiger partial charge in [-0.1, -0.05) is 6.92 Å². The number of fused-ring (bicyclic) bond motifs is 1. The molecule has 3 aliphatic heterocycles. The second-order valence-electron chi connectivity index (χ2n) is 6.05. The second-order valence-corrected chi connectivity index (χ2v) is 7.40. The lowest BCUT2D eigenvalue weighted by Gasteiger charge is -2.46. The molecule has 98 valence electrons. The Morgan fingerprint density at radius 2 is 2.47 bits per heavy atom. The van der Waals surface area contributed by atoms with Gasteiger partial charge in [0, 0.05) is 43.3 Å². The van der Waals surface area contributed by atoms with Crippen molar-refractivity contribution in [1.29, 1.82) is 0 Å². The molecule has 0 amide bonds. The van der Waals surface area contributed by atoms with E-state index in [0.717, 1.165) is 24.5 Å². The van der Waals surface area contributed by atoms with Crippen LogP contribution in [0.2, 0.25) is 0 Å². The van der Waals surface area contributed by atoms with Crippen LogP contribution in [0.4, 0.5) is 0 Å². The molecule has 3 atom stereocenters. The molecular formula is C13H24N2OS. The Morgan fingerprint density at radius 1 is 1.53 bits per heavy atom. The Bertz CT molecular complexity index is 266. The van der Waals surface area contributed by atoms with Gasteiger partial charge in [0.1, 0.15) is 0 Å². The molecule has 3 heterocycles. The van der Waals surface area contributed by atoms with Gasteiger partial charge in [0.15, 0.2) is 0 Å². The van der Waals surface area contributed by atoms with E-state index in [1.807, 2.05) is 0 Å². The van der Waals surface area contributed by atoms with Crippen molar-refractivity contribution in [2.75, 3.05) is 45.1 Å². The van der Waals surface area contributed by atoms with Crippen LogP contribution in [0.25, 0.3) is 0 Å². The summed E-state index contributed by atoms with van der Waals surface area (Å²) in [6.07, 6.45) is 2.58. The van der Waals surface area contributed by atoms with Crippen LogP contribution in [0.3, 0.4) is 0 Å². The number of hydrogen-bond donors (Lipinski definition) is 1. The maximum atomic E-state index is 5.62. The van der Waals surface area contributed by atoms with Crippen molar-refractivity contribution in [3.05, 3.63) is 0 Å². The zero-order valence-corrected chi connectivity index (χ0v) is 11.6. The monoisotopic (exact) mass is 256 g/mol. The minimum absolute atomic E-state index is 0.505. The van der Waals surface area contributed by atoms with Gasteiger partial charge in [-0.2, -0.15) is 11.8 Å². The van der Waals surface area contributed by atoms with Crippen LogP contribution in [0.1, 0.15) is 19.8 Å². The lowest BCUT2D eigenvalue weighted by Crippen LogP contribution is -2.54. The molecule has 0 aromatic rings. The Balaban J connectivity index is 1.64. The van der Waals surface area contributed by atoms with Crippen molar-refractivity contribution in [1.82, 2.24) is 10.2 Å². The molecule has 0 bridgehead atoms. The third-order valence-corrected chi connectivity index (χ3v) is 5.79. The van der Waals surface area contributed by atoms with Crippen LogP contribution in [-0.4, -0.2) is 61.3 Å². The van der Waals surface area contributed by atoms with E-state index in [0.29, 0.717) is 5.41 Å². The third-order valence-electron chi connectivity index (χ3n) is 4.49. The van der Waals surface area contributed by atoms with Crippen molar-refractivity contribution in [3.63, 3.8) is 0 Å². The molecule has 0 aliphatic carbocycles. The van der Waals surface area contributed by atoms with Gasteiger partial charge < -0.3 is 10.1 Å². The normalized spacial score (nSPS) is 43.6. The third kappa shape index (κ3) is 2.65. The summed E-state index contributed by atoms with van der Waals surface area (Å²) >= 11 is 2.13. The molecule has 0 spiro atoms. The summed E-state index contributed by atoms with van der Waals surface area (Å²) in [5, 5.41) is 4.25. The van der Waals surface area contributed by atoms with Crippen molar-refractivity contribution in [2.24, 2.45) is 5.41 Å². The number of hydrogen-bond acceptors (Lipinski definition) is 4.